The molecule has 2 aromatic heterocycles. The summed E-state index contributed by atoms with van der Waals surface area (Å²) in [5, 5.41) is 2.26. The van der Waals surface area contributed by atoms with Crippen LogP contribution >= 0.6 is 22.9 Å². The third-order valence-corrected chi connectivity index (χ3v) is 4.00. The van der Waals surface area contributed by atoms with Gasteiger partial charge in [-0.1, -0.05) is 0 Å². The second-order valence-electron chi connectivity index (χ2n) is 4.22. The Morgan fingerprint density at radius 3 is 2.74 bits per heavy atom. The first-order valence-corrected chi connectivity index (χ1v) is 7.28. The molecule has 1 fully saturated rings. The van der Waals surface area contributed by atoms with Gasteiger partial charge in [-0.05, 0) is 30.0 Å². The van der Waals surface area contributed by atoms with E-state index in [1.807, 2.05) is 18.4 Å². The number of anilines is 1. The Bertz CT molecular complexity index is 583. The number of aromatic nitrogens is 3. The number of aryl methyl sites for hydroxylation is 1. The normalized spacial score (nSPS) is 15.8. The van der Waals surface area contributed by atoms with Gasteiger partial charge in [0.1, 0.15) is 0 Å². The first kappa shape index (κ1) is 12.8. The topological polar surface area (TPSA) is 51.1 Å². The standard InChI is InChI=1S/C12H13ClN4OS/c1-8-9(2-7-19-8)10-14-11(13)16-12(15-10)17-3-5-18-6-4-17/h2,7H,3-6H2,1H3. The van der Waals surface area contributed by atoms with Gasteiger partial charge in [0.15, 0.2) is 5.82 Å². The van der Waals surface area contributed by atoms with Gasteiger partial charge < -0.3 is 9.64 Å². The quantitative estimate of drug-likeness (QED) is 0.852. The van der Waals surface area contributed by atoms with Crippen LogP contribution in [0.15, 0.2) is 11.4 Å². The van der Waals surface area contributed by atoms with Crippen LogP contribution in [0.2, 0.25) is 5.28 Å². The van der Waals surface area contributed by atoms with Gasteiger partial charge in [-0.15, -0.1) is 11.3 Å². The van der Waals surface area contributed by atoms with Gasteiger partial charge in [0.2, 0.25) is 11.2 Å². The van der Waals surface area contributed by atoms with Crippen molar-refractivity contribution in [1.82, 2.24) is 15.0 Å². The minimum atomic E-state index is 0.233. The molecule has 0 bridgehead atoms. The number of hydrogen-bond donors (Lipinski definition) is 0. The summed E-state index contributed by atoms with van der Waals surface area (Å²) in [6.45, 7) is 4.99. The number of thiophene rings is 1. The molecule has 1 aliphatic rings. The van der Waals surface area contributed by atoms with Crippen LogP contribution in [0.4, 0.5) is 5.95 Å². The molecule has 0 aromatic carbocycles. The Morgan fingerprint density at radius 1 is 1.26 bits per heavy atom. The molecular weight excluding hydrogens is 284 g/mol. The second-order valence-corrected chi connectivity index (χ2v) is 5.68. The number of nitrogens with zero attached hydrogens (tertiary/aromatic N) is 4. The Balaban J connectivity index is 1.98. The molecule has 100 valence electrons. The van der Waals surface area contributed by atoms with Crippen molar-refractivity contribution in [3.63, 3.8) is 0 Å². The highest BCUT2D eigenvalue weighted by Gasteiger charge is 2.17. The molecule has 3 heterocycles. The summed E-state index contributed by atoms with van der Waals surface area (Å²) in [7, 11) is 0. The van der Waals surface area contributed by atoms with Crippen LogP contribution in [-0.4, -0.2) is 41.3 Å². The van der Waals surface area contributed by atoms with Crippen molar-refractivity contribution >= 4 is 28.9 Å². The largest absolute Gasteiger partial charge is 0.378 e. The first-order chi connectivity index (χ1) is 9.24. The fourth-order valence-corrected chi connectivity index (χ4v) is 2.83. The van der Waals surface area contributed by atoms with E-state index in [-0.39, 0.29) is 5.28 Å². The van der Waals surface area contributed by atoms with Gasteiger partial charge in [0, 0.05) is 23.5 Å². The summed E-state index contributed by atoms with van der Waals surface area (Å²) >= 11 is 7.69. The highest BCUT2D eigenvalue weighted by molar-refractivity contribution is 7.10. The van der Waals surface area contributed by atoms with E-state index in [2.05, 4.69) is 19.9 Å². The van der Waals surface area contributed by atoms with E-state index in [1.54, 1.807) is 11.3 Å². The van der Waals surface area contributed by atoms with Gasteiger partial charge in [0.25, 0.3) is 0 Å². The van der Waals surface area contributed by atoms with E-state index < -0.39 is 0 Å². The maximum atomic E-state index is 6.02. The molecule has 1 saturated heterocycles. The van der Waals surface area contributed by atoms with Crippen LogP contribution in [0, 0.1) is 6.92 Å². The molecule has 0 aliphatic carbocycles. The van der Waals surface area contributed by atoms with Gasteiger partial charge in [-0.25, -0.2) is 0 Å². The summed E-state index contributed by atoms with van der Waals surface area (Å²) in [6, 6.07) is 2.01. The molecule has 1 aliphatic heterocycles. The van der Waals surface area contributed by atoms with E-state index in [9.17, 15) is 0 Å². The van der Waals surface area contributed by atoms with Crippen molar-refractivity contribution in [2.45, 2.75) is 6.92 Å². The van der Waals surface area contributed by atoms with Crippen LogP contribution in [0.3, 0.4) is 0 Å². The van der Waals surface area contributed by atoms with Crippen molar-refractivity contribution in [2.75, 3.05) is 31.2 Å². The third-order valence-electron chi connectivity index (χ3n) is 2.99. The first-order valence-electron chi connectivity index (χ1n) is 6.03. The van der Waals surface area contributed by atoms with Crippen molar-refractivity contribution in [3.05, 3.63) is 21.6 Å². The molecule has 19 heavy (non-hydrogen) atoms. The fourth-order valence-electron chi connectivity index (χ4n) is 1.98. The smallest absolute Gasteiger partial charge is 0.230 e. The van der Waals surface area contributed by atoms with Crippen molar-refractivity contribution in [2.24, 2.45) is 0 Å². The Morgan fingerprint density at radius 2 is 2.05 bits per heavy atom. The molecule has 0 N–H and O–H groups in total. The molecule has 5 nitrogen and oxygen atoms in total. The summed E-state index contributed by atoms with van der Waals surface area (Å²) in [6.07, 6.45) is 0. The minimum absolute atomic E-state index is 0.233. The molecule has 0 radical (unpaired) electrons. The summed E-state index contributed by atoms with van der Waals surface area (Å²) in [4.78, 5) is 16.2. The average Bonchev–Trinajstić information content (AvgIpc) is 2.85. The van der Waals surface area contributed by atoms with Crippen molar-refractivity contribution in [3.8, 4) is 11.4 Å². The summed E-state index contributed by atoms with van der Waals surface area (Å²) in [5.41, 5.74) is 1.02. The third kappa shape index (κ3) is 2.70. The van der Waals surface area contributed by atoms with Gasteiger partial charge in [0.05, 0.1) is 13.2 Å². The molecule has 0 amide bonds. The molecule has 0 unspecified atom stereocenters. The zero-order valence-corrected chi connectivity index (χ0v) is 12.0. The Labute approximate surface area is 120 Å². The lowest BCUT2D eigenvalue weighted by Crippen LogP contribution is -2.37. The van der Waals surface area contributed by atoms with Crippen LogP contribution in [0.5, 0.6) is 0 Å². The van der Waals surface area contributed by atoms with Crippen LogP contribution in [0.1, 0.15) is 4.88 Å². The van der Waals surface area contributed by atoms with E-state index in [4.69, 9.17) is 16.3 Å². The highest BCUT2D eigenvalue weighted by atomic mass is 35.5. The van der Waals surface area contributed by atoms with Crippen molar-refractivity contribution < 1.29 is 4.74 Å². The van der Waals surface area contributed by atoms with Gasteiger partial charge >= 0.3 is 0 Å². The molecule has 3 rings (SSSR count). The molecular formula is C12H13ClN4OS. The predicted octanol–water partition coefficient (Wildman–Crippen LogP) is 2.40. The van der Waals surface area contributed by atoms with Gasteiger partial charge in [-0.3, -0.25) is 0 Å². The zero-order chi connectivity index (χ0) is 13.2. The van der Waals surface area contributed by atoms with Crippen LogP contribution in [-0.2, 0) is 4.74 Å². The average molecular weight is 297 g/mol. The number of hydrogen-bond acceptors (Lipinski definition) is 6. The lowest BCUT2D eigenvalue weighted by Gasteiger charge is -2.26. The predicted molar refractivity (Wildman–Crippen MR) is 75.9 cm³/mol. The molecule has 2 aromatic rings. The second kappa shape index (κ2) is 5.40. The van der Waals surface area contributed by atoms with Crippen molar-refractivity contribution in [1.29, 1.82) is 0 Å². The molecule has 7 heteroatoms. The maximum absolute atomic E-state index is 6.02. The zero-order valence-electron chi connectivity index (χ0n) is 10.5. The highest BCUT2D eigenvalue weighted by Crippen LogP contribution is 2.26. The van der Waals surface area contributed by atoms with E-state index in [0.717, 1.165) is 18.7 Å². The number of morpholine rings is 1. The lowest BCUT2D eigenvalue weighted by molar-refractivity contribution is 0.122. The molecule has 0 saturated carbocycles. The maximum Gasteiger partial charge on any atom is 0.230 e. The number of halogens is 1. The van der Waals surface area contributed by atoms with Crippen LogP contribution < -0.4 is 4.90 Å². The van der Waals surface area contributed by atoms with E-state index in [0.29, 0.717) is 25.0 Å². The van der Waals surface area contributed by atoms with Crippen LogP contribution in [0.25, 0.3) is 11.4 Å². The molecule has 0 atom stereocenters. The summed E-state index contributed by atoms with van der Waals surface area (Å²) in [5.74, 6) is 1.27. The Hall–Kier alpha value is -1.24. The number of rotatable bonds is 2. The number of ether oxygens (including phenoxy) is 1. The molecule has 0 spiro atoms. The monoisotopic (exact) mass is 296 g/mol. The van der Waals surface area contributed by atoms with E-state index in [1.165, 1.54) is 4.88 Å². The Kier molecular flexibility index (Phi) is 3.63. The minimum Gasteiger partial charge on any atom is -0.378 e. The fraction of sp³-hybridized carbons (Fsp3) is 0.417. The summed E-state index contributed by atoms with van der Waals surface area (Å²) < 4.78 is 5.33. The lowest BCUT2D eigenvalue weighted by atomic mass is 10.2. The van der Waals surface area contributed by atoms with Gasteiger partial charge in [-0.2, -0.15) is 15.0 Å². The SMILES string of the molecule is Cc1sccc1-c1nc(Cl)nc(N2CCOCC2)n1. The van der Waals surface area contributed by atoms with E-state index >= 15 is 0 Å².